The molecule has 1 amide bonds. The van der Waals surface area contributed by atoms with Crippen LogP contribution in [0.2, 0.25) is 5.02 Å². The molecule has 0 spiro atoms. The molecule has 0 aromatic heterocycles. The maximum atomic E-state index is 12.5. The van der Waals surface area contributed by atoms with Crippen molar-refractivity contribution < 1.29 is 4.79 Å². The number of rotatable bonds is 4. The summed E-state index contributed by atoms with van der Waals surface area (Å²) in [5, 5.41) is 3.61. The molecule has 1 unspecified atom stereocenters. The van der Waals surface area contributed by atoms with Crippen LogP contribution in [0, 0.1) is 0 Å². The van der Waals surface area contributed by atoms with Crippen molar-refractivity contribution in [3.63, 3.8) is 0 Å². The monoisotopic (exact) mass is 314 g/mol. The Morgan fingerprint density at radius 2 is 2.00 bits per heavy atom. The van der Waals surface area contributed by atoms with Crippen LogP contribution in [-0.4, -0.2) is 23.4 Å². The van der Waals surface area contributed by atoms with Crippen LogP contribution < -0.4 is 5.32 Å². The summed E-state index contributed by atoms with van der Waals surface area (Å²) in [6.45, 7) is 1.77. The van der Waals surface area contributed by atoms with E-state index in [0.29, 0.717) is 5.02 Å². The predicted molar refractivity (Wildman–Crippen MR) is 90.0 cm³/mol. The first-order chi connectivity index (χ1) is 10.7. The van der Waals surface area contributed by atoms with Gasteiger partial charge >= 0.3 is 0 Å². The number of hydrogen-bond donors (Lipinski definition) is 1. The number of amides is 1. The highest BCUT2D eigenvalue weighted by Gasteiger charge is 2.30. The Morgan fingerprint density at radius 3 is 2.77 bits per heavy atom. The van der Waals surface area contributed by atoms with Gasteiger partial charge in [0.25, 0.3) is 0 Å². The van der Waals surface area contributed by atoms with Gasteiger partial charge in [-0.05, 0) is 43.1 Å². The van der Waals surface area contributed by atoms with E-state index >= 15 is 0 Å². The lowest BCUT2D eigenvalue weighted by Crippen LogP contribution is -2.39. The van der Waals surface area contributed by atoms with Gasteiger partial charge in [0.2, 0.25) is 5.91 Å². The van der Waals surface area contributed by atoms with Crippen LogP contribution in [0.5, 0.6) is 0 Å². The standard InChI is InChI=1S/C18H19ClN2O/c19-15-8-4-9-16(12-15)20-18(22)17-10-5-11-21(17)13-14-6-2-1-3-7-14/h1-4,6-9,12,17H,5,10-11,13H2,(H,20,22). The molecule has 1 saturated heterocycles. The molecule has 1 atom stereocenters. The summed E-state index contributed by atoms with van der Waals surface area (Å²) in [7, 11) is 0. The molecule has 1 aliphatic heterocycles. The highest BCUT2D eigenvalue weighted by molar-refractivity contribution is 6.30. The van der Waals surface area contributed by atoms with E-state index in [1.54, 1.807) is 12.1 Å². The minimum absolute atomic E-state index is 0.0516. The van der Waals surface area contributed by atoms with Crippen molar-refractivity contribution in [3.8, 4) is 0 Å². The second-order valence-corrected chi connectivity index (χ2v) is 6.05. The number of likely N-dealkylation sites (tertiary alicyclic amines) is 1. The van der Waals surface area contributed by atoms with E-state index in [1.807, 2.05) is 30.3 Å². The van der Waals surface area contributed by atoms with Crippen LogP contribution in [-0.2, 0) is 11.3 Å². The topological polar surface area (TPSA) is 32.3 Å². The zero-order valence-corrected chi connectivity index (χ0v) is 13.1. The second kappa shape index (κ2) is 6.95. The maximum absolute atomic E-state index is 12.5. The molecule has 1 fully saturated rings. The fourth-order valence-electron chi connectivity index (χ4n) is 2.92. The summed E-state index contributed by atoms with van der Waals surface area (Å²) in [5.41, 5.74) is 1.99. The van der Waals surface area contributed by atoms with Crippen molar-refractivity contribution in [2.75, 3.05) is 11.9 Å². The largest absolute Gasteiger partial charge is 0.325 e. The van der Waals surface area contributed by atoms with Crippen molar-refractivity contribution in [2.45, 2.75) is 25.4 Å². The van der Waals surface area contributed by atoms with Gasteiger partial charge in [-0.1, -0.05) is 48.0 Å². The fourth-order valence-corrected chi connectivity index (χ4v) is 3.11. The average Bonchev–Trinajstić information content (AvgIpc) is 2.96. The van der Waals surface area contributed by atoms with Crippen LogP contribution in [0.3, 0.4) is 0 Å². The zero-order valence-electron chi connectivity index (χ0n) is 12.3. The SMILES string of the molecule is O=C(Nc1cccc(Cl)c1)C1CCCN1Cc1ccccc1. The number of halogens is 1. The van der Waals surface area contributed by atoms with Gasteiger partial charge < -0.3 is 5.32 Å². The van der Waals surface area contributed by atoms with Crippen molar-refractivity contribution in [3.05, 3.63) is 65.2 Å². The highest BCUT2D eigenvalue weighted by atomic mass is 35.5. The van der Waals surface area contributed by atoms with Gasteiger partial charge in [0.15, 0.2) is 0 Å². The van der Waals surface area contributed by atoms with Crippen molar-refractivity contribution in [1.82, 2.24) is 4.90 Å². The molecule has 3 rings (SSSR count). The summed E-state index contributed by atoms with van der Waals surface area (Å²) in [4.78, 5) is 14.8. The van der Waals surface area contributed by atoms with Crippen molar-refractivity contribution in [1.29, 1.82) is 0 Å². The molecule has 0 radical (unpaired) electrons. The maximum Gasteiger partial charge on any atom is 0.241 e. The zero-order chi connectivity index (χ0) is 15.4. The first-order valence-corrected chi connectivity index (χ1v) is 7.94. The molecule has 4 heteroatoms. The van der Waals surface area contributed by atoms with Gasteiger partial charge in [-0.25, -0.2) is 0 Å². The third-order valence-electron chi connectivity index (χ3n) is 3.99. The van der Waals surface area contributed by atoms with E-state index in [0.717, 1.165) is 31.6 Å². The van der Waals surface area contributed by atoms with E-state index < -0.39 is 0 Å². The molecule has 2 aromatic rings. The van der Waals surface area contributed by atoms with Crippen molar-refractivity contribution in [2.24, 2.45) is 0 Å². The van der Waals surface area contributed by atoms with Crippen LogP contribution in [0.15, 0.2) is 54.6 Å². The summed E-state index contributed by atoms with van der Waals surface area (Å²) in [6, 6.07) is 17.5. The normalized spacial score (nSPS) is 18.3. The molecule has 0 saturated carbocycles. The van der Waals surface area contributed by atoms with Gasteiger partial charge in [0.1, 0.15) is 0 Å². The van der Waals surface area contributed by atoms with Gasteiger partial charge in [-0.3, -0.25) is 9.69 Å². The van der Waals surface area contributed by atoms with E-state index in [1.165, 1.54) is 5.56 Å². The molecular weight excluding hydrogens is 296 g/mol. The first kappa shape index (κ1) is 15.1. The molecular formula is C18H19ClN2O. The van der Waals surface area contributed by atoms with Gasteiger partial charge in [0, 0.05) is 17.3 Å². The van der Waals surface area contributed by atoms with Crippen LogP contribution in [0.1, 0.15) is 18.4 Å². The van der Waals surface area contributed by atoms with E-state index in [2.05, 4.69) is 22.3 Å². The Morgan fingerprint density at radius 1 is 1.18 bits per heavy atom. The third kappa shape index (κ3) is 3.67. The highest BCUT2D eigenvalue weighted by Crippen LogP contribution is 2.22. The van der Waals surface area contributed by atoms with E-state index in [4.69, 9.17) is 11.6 Å². The van der Waals surface area contributed by atoms with Gasteiger partial charge in [-0.2, -0.15) is 0 Å². The Balaban J connectivity index is 1.66. The molecule has 1 aliphatic rings. The van der Waals surface area contributed by atoms with Crippen molar-refractivity contribution >= 4 is 23.2 Å². The number of nitrogens with one attached hydrogen (secondary N) is 1. The average molecular weight is 315 g/mol. The minimum Gasteiger partial charge on any atom is -0.325 e. The predicted octanol–water partition coefficient (Wildman–Crippen LogP) is 3.94. The van der Waals surface area contributed by atoms with Crippen LogP contribution in [0.25, 0.3) is 0 Å². The van der Waals surface area contributed by atoms with E-state index in [-0.39, 0.29) is 11.9 Å². The van der Waals surface area contributed by atoms with Crippen LogP contribution in [0.4, 0.5) is 5.69 Å². The minimum atomic E-state index is -0.0702. The fraction of sp³-hybridized carbons (Fsp3) is 0.278. The molecule has 114 valence electrons. The Labute approximate surface area is 135 Å². The Bertz CT molecular complexity index is 645. The molecule has 1 N–H and O–H groups in total. The summed E-state index contributed by atoms with van der Waals surface area (Å²) < 4.78 is 0. The summed E-state index contributed by atoms with van der Waals surface area (Å²) in [6.07, 6.45) is 1.96. The number of anilines is 1. The lowest BCUT2D eigenvalue weighted by atomic mass is 10.1. The molecule has 0 aliphatic carbocycles. The third-order valence-corrected chi connectivity index (χ3v) is 4.22. The first-order valence-electron chi connectivity index (χ1n) is 7.57. The lowest BCUT2D eigenvalue weighted by molar-refractivity contribution is -0.120. The van der Waals surface area contributed by atoms with Crippen LogP contribution >= 0.6 is 11.6 Å². The molecule has 22 heavy (non-hydrogen) atoms. The number of hydrogen-bond acceptors (Lipinski definition) is 2. The van der Waals surface area contributed by atoms with Gasteiger partial charge in [0.05, 0.1) is 6.04 Å². The molecule has 0 bridgehead atoms. The second-order valence-electron chi connectivity index (χ2n) is 5.61. The number of nitrogens with zero attached hydrogens (tertiary/aromatic N) is 1. The van der Waals surface area contributed by atoms with Gasteiger partial charge in [-0.15, -0.1) is 0 Å². The smallest absolute Gasteiger partial charge is 0.241 e. The Hall–Kier alpha value is -1.84. The number of benzene rings is 2. The quantitative estimate of drug-likeness (QED) is 0.927. The molecule has 1 heterocycles. The van der Waals surface area contributed by atoms with E-state index in [9.17, 15) is 4.79 Å². The lowest BCUT2D eigenvalue weighted by Gasteiger charge is -2.23. The Kier molecular flexibility index (Phi) is 4.76. The summed E-state index contributed by atoms with van der Waals surface area (Å²) >= 11 is 5.96. The summed E-state index contributed by atoms with van der Waals surface area (Å²) in [5.74, 6) is 0.0516. The molecule has 3 nitrogen and oxygen atoms in total. The number of carbonyl (C=O) groups is 1. The number of carbonyl (C=O) groups excluding carboxylic acids is 1. The molecule has 2 aromatic carbocycles.